The molecule has 2 rings (SSSR count). The van der Waals surface area contributed by atoms with E-state index in [1.165, 1.54) is 7.11 Å². The van der Waals surface area contributed by atoms with Crippen LogP contribution in [0.4, 0.5) is 0 Å². The Morgan fingerprint density at radius 1 is 1.43 bits per heavy atom. The Hall–Kier alpha value is -1.45. The lowest BCUT2D eigenvalue weighted by Crippen LogP contribution is -2.45. The van der Waals surface area contributed by atoms with E-state index in [0.717, 1.165) is 26.2 Å². The Balaban J connectivity index is 0.00000242. The van der Waals surface area contributed by atoms with Crippen molar-refractivity contribution in [3.05, 3.63) is 35.9 Å². The Kier molecular flexibility index (Phi) is 9.70. The smallest absolute Gasteiger partial charge is 0.163 e. The number of hydrogen-bond donors (Lipinski definition) is 2. The molecule has 0 amide bonds. The molecule has 23 heavy (non-hydrogen) atoms. The molecule has 0 aliphatic carbocycles. The summed E-state index contributed by atoms with van der Waals surface area (Å²) in [6, 6.07) is 5.44. The van der Waals surface area contributed by atoms with Gasteiger partial charge in [0.25, 0.3) is 0 Å². The summed E-state index contributed by atoms with van der Waals surface area (Å²) in [4.78, 5) is 2.27. The topological polar surface area (TPSA) is 68.5 Å². The molecular formula is C16H23Cl2N3O2. The van der Waals surface area contributed by atoms with Crippen LogP contribution in [0.15, 0.2) is 24.8 Å². The molecule has 128 valence electrons. The van der Waals surface area contributed by atoms with Gasteiger partial charge < -0.3 is 15.2 Å². The van der Waals surface area contributed by atoms with Crippen LogP contribution in [0, 0.1) is 11.3 Å². The molecule has 0 unspecified atom stereocenters. The maximum Gasteiger partial charge on any atom is 0.163 e. The van der Waals surface area contributed by atoms with Crippen LogP contribution in [-0.4, -0.2) is 43.3 Å². The van der Waals surface area contributed by atoms with E-state index in [4.69, 9.17) is 4.74 Å². The first kappa shape index (κ1) is 21.6. The van der Waals surface area contributed by atoms with Crippen molar-refractivity contribution in [3.8, 4) is 17.6 Å². The van der Waals surface area contributed by atoms with Crippen LogP contribution in [0.25, 0.3) is 0 Å². The Labute approximate surface area is 149 Å². The van der Waals surface area contributed by atoms with Crippen molar-refractivity contribution in [1.29, 1.82) is 5.26 Å². The van der Waals surface area contributed by atoms with Gasteiger partial charge in [-0.25, -0.2) is 0 Å². The standard InChI is InChI=1S/C16H21N3O2.2ClH/c1-3-4-13(19-9-7-18-8-10-19)15-12(11-17)5-6-14(21-2)16(15)20;;/h3,5-6,13,18,20H,1,4,7-10H2,2H3;2*1H/t13-;;/m0../s1. The van der Waals surface area contributed by atoms with Crippen molar-refractivity contribution in [3.63, 3.8) is 0 Å². The summed E-state index contributed by atoms with van der Waals surface area (Å²) in [5.41, 5.74) is 1.12. The summed E-state index contributed by atoms with van der Waals surface area (Å²) in [5.74, 6) is 0.454. The molecule has 1 aliphatic rings. The highest BCUT2D eigenvalue weighted by Gasteiger charge is 2.27. The van der Waals surface area contributed by atoms with Gasteiger partial charge >= 0.3 is 0 Å². The fourth-order valence-electron chi connectivity index (χ4n) is 2.79. The molecule has 0 radical (unpaired) electrons. The van der Waals surface area contributed by atoms with Crippen LogP contribution in [0.2, 0.25) is 0 Å². The number of phenols is 1. The zero-order chi connectivity index (χ0) is 15.2. The predicted octanol–water partition coefficient (Wildman–Crippen LogP) is 2.64. The predicted molar refractivity (Wildman–Crippen MR) is 95.9 cm³/mol. The van der Waals surface area contributed by atoms with Gasteiger partial charge in [-0.05, 0) is 18.6 Å². The molecule has 0 bridgehead atoms. The lowest BCUT2D eigenvalue weighted by atomic mass is 9.95. The van der Waals surface area contributed by atoms with Gasteiger partial charge in [0.2, 0.25) is 0 Å². The minimum absolute atomic E-state index is 0. The van der Waals surface area contributed by atoms with Crippen LogP contribution < -0.4 is 10.1 Å². The van der Waals surface area contributed by atoms with E-state index in [1.54, 1.807) is 12.1 Å². The van der Waals surface area contributed by atoms with Gasteiger partial charge in [0.15, 0.2) is 11.5 Å². The average Bonchev–Trinajstić information content (AvgIpc) is 2.53. The second kappa shape index (κ2) is 10.3. The number of hydrogen-bond acceptors (Lipinski definition) is 5. The molecule has 0 aromatic heterocycles. The molecule has 1 aromatic rings. The van der Waals surface area contributed by atoms with E-state index in [2.05, 4.69) is 22.9 Å². The van der Waals surface area contributed by atoms with Crippen LogP contribution in [-0.2, 0) is 0 Å². The first-order valence-electron chi connectivity index (χ1n) is 7.08. The number of piperazine rings is 1. The summed E-state index contributed by atoms with van der Waals surface area (Å²) in [7, 11) is 1.51. The number of nitrogens with zero attached hydrogens (tertiary/aromatic N) is 2. The second-order valence-electron chi connectivity index (χ2n) is 5.02. The normalized spacial score (nSPS) is 15.5. The molecule has 7 heteroatoms. The number of ether oxygens (including phenoxy) is 1. The molecule has 1 saturated heterocycles. The summed E-state index contributed by atoms with van der Waals surface area (Å²) in [6.45, 7) is 7.37. The SMILES string of the molecule is C=CC[C@@H](c1c(C#N)ccc(OC)c1O)N1CCNCC1.Cl.Cl. The zero-order valence-corrected chi connectivity index (χ0v) is 14.8. The van der Waals surface area contributed by atoms with Gasteiger partial charge in [-0.2, -0.15) is 5.26 Å². The maximum atomic E-state index is 10.5. The van der Waals surface area contributed by atoms with E-state index in [0.29, 0.717) is 23.3 Å². The quantitative estimate of drug-likeness (QED) is 0.791. The van der Waals surface area contributed by atoms with Gasteiger partial charge in [0, 0.05) is 37.8 Å². The van der Waals surface area contributed by atoms with Crippen LogP contribution in [0.1, 0.15) is 23.6 Å². The number of benzene rings is 1. The highest BCUT2D eigenvalue weighted by Crippen LogP contribution is 2.40. The minimum atomic E-state index is -0.0608. The van der Waals surface area contributed by atoms with Crippen molar-refractivity contribution in [2.24, 2.45) is 0 Å². The second-order valence-corrected chi connectivity index (χ2v) is 5.02. The average molecular weight is 360 g/mol. The summed E-state index contributed by atoms with van der Waals surface area (Å²) in [5, 5.41) is 23.1. The molecule has 0 spiro atoms. The van der Waals surface area contributed by atoms with Crippen LogP contribution in [0.3, 0.4) is 0 Å². The highest BCUT2D eigenvalue weighted by molar-refractivity contribution is 5.85. The minimum Gasteiger partial charge on any atom is -0.504 e. The van der Waals surface area contributed by atoms with Crippen molar-refractivity contribution < 1.29 is 9.84 Å². The summed E-state index contributed by atoms with van der Waals surface area (Å²) < 4.78 is 5.18. The lowest BCUT2D eigenvalue weighted by Gasteiger charge is -2.35. The van der Waals surface area contributed by atoms with Crippen molar-refractivity contribution in [2.45, 2.75) is 12.5 Å². The number of halogens is 2. The maximum absolute atomic E-state index is 10.5. The molecule has 1 aliphatic heterocycles. The monoisotopic (exact) mass is 359 g/mol. The Morgan fingerprint density at radius 2 is 2.09 bits per heavy atom. The van der Waals surface area contributed by atoms with Gasteiger partial charge in [0.1, 0.15) is 0 Å². The van der Waals surface area contributed by atoms with E-state index in [-0.39, 0.29) is 36.6 Å². The number of methoxy groups -OCH3 is 1. The fraction of sp³-hybridized carbons (Fsp3) is 0.438. The molecule has 1 aromatic carbocycles. The van der Waals surface area contributed by atoms with Gasteiger partial charge in [-0.1, -0.05) is 6.08 Å². The van der Waals surface area contributed by atoms with Crippen molar-refractivity contribution >= 4 is 24.8 Å². The molecule has 1 fully saturated rings. The number of phenolic OH excluding ortho intramolecular Hbond substituents is 1. The molecule has 1 heterocycles. The summed E-state index contributed by atoms with van der Waals surface area (Å²) in [6.07, 6.45) is 2.50. The highest BCUT2D eigenvalue weighted by atomic mass is 35.5. The largest absolute Gasteiger partial charge is 0.504 e. The fourth-order valence-corrected chi connectivity index (χ4v) is 2.79. The van der Waals surface area contributed by atoms with Gasteiger partial charge in [-0.15, -0.1) is 31.4 Å². The molecule has 2 N–H and O–H groups in total. The third kappa shape index (κ3) is 4.76. The van der Waals surface area contributed by atoms with E-state index in [1.807, 2.05) is 6.08 Å². The van der Waals surface area contributed by atoms with Crippen LogP contribution >= 0.6 is 24.8 Å². The number of nitriles is 1. The van der Waals surface area contributed by atoms with Gasteiger partial charge in [-0.3, -0.25) is 4.90 Å². The molecular weight excluding hydrogens is 337 g/mol. The third-order valence-electron chi connectivity index (χ3n) is 3.84. The molecule has 5 nitrogen and oxygen atoms in total. The van der Waals surface area contributed by atoms with Crippen molar-refractivity contribution in [1.82, 2.24) is 10.2 Å². The third-order valence-corrected chi connectivity index (χ3v) is 3.84. The summed E-state index contributed by atoms with van der Waals surface area (Å²) >= 11 is 0. The Morgan fingerprint density at radius 3 is 2.61 bits per heavy atom. The number of rotatable bonds is 5. The first-order chi connectivity index (χ1) is 10.2. The van der Waals surface area contributed by atoms with Crippen LogP contribution in [0.5, 0.6) is 11.5 Å². The lowest BCUT2D eigenvalue weighted by molar-refractivity contribution is 0.171. The zero-order valence-electron chi connectivity index (χ0n) is 13.1. The van der Waals surface area contributed by atoms with Crippen molar-refractivity contribution in [2.75, 3.05) is 33.3 Å². The van der Waals surface area contributed by atoms with E-state index < -0.39 is 0 Å². The Bertz CT molecular complexity index is 555. The van der Waals surface area contributed by atoms with Gasteiger partial charge in [0.05, 0.1) is 18.7 Å². The number of nitrogens with one attached hydrogen (secondary N) is 1. The molecule has 1 atom stereocenters. The number of aromatic hydroxyl groups is 1. The molecule has 0 saturated carbocycles. The van der Waals surface area contributed by atoms with E-state index >= 15 is 0 Å². The van der Waals surface area contributed by atoms with E-state index in [9.17, 15) is 10.4 Å². The first-order valence-corrected chi connectivity index (χ1v) is 7.08.